The zero-order valence-corrected chi connectivity index (χ0v) is 12.5. The lowest BCUT2D eigenvalue weighted by atomic mass is 9.99. The van der Waals surface area contributed by atoms with E-state index in [1.807, 2.05) is 0 Å². The Kier molecular flexibility index (Phi) is 5.54. The van der Waals surface area contributed by atoms with Crippen molar-refractivity contribution in [2.75, 3.05) is 0 Å². The average Bonchev–Trinajstić information content (AvgIpc) is 2.74. The summed E-state index contributed by atoms with van der Waals surface area (Å²) in [7, 11) is 0. The minimum atomic E-state index is -1.16. The Morgan fingerprint density at radius 2 is 2.11 bits per heavy atom. The van der Waals surface area contributed by atoms with E-state index >= 15 is 0 Å². The van der Waals surface area contributed by atoms with E-state index in [4.69, 9.17) is 5.11 Å². The third-order valence-electron chi connectivity index (χ3n) is 3.22. The number of hydrogen-bond acceptors (Lipinski definition) is 3. The highest BCUT2D eigenvalue weighted by atomic mass is 32.1. The zero-order chi connectivity index (χ0) is 14.5. The Morgan fingerprint density at radius 3 is 2.58 bits per heavy atom. The predicted octanol–water partition coefficient (Wildman–Crippen LogP) is 2.75. The largest absolute Gasteiger partial charge is 0.480 e. The molecule has 0 fully saturated rings. The zero-order valence-electron chi connectivity index (χ0n) is 11.7. The molecule has 0 spiro atoms. The van der Waals surface area contributed by atoms with Gasteiger partial charge in [-0.3, -0.25) is 4.79 Å². The summed E-state index contributed by atoms with van der Waals surface area (Å²) in [6, 6.07) is 4.14. The second-order valence-electron chi connectivity index (χ2n) is 4.90. The second kappa shape index (κ2) is 6.70. The van der Waals surface area contributed by atoms with Gasteiger partial charge in [0, 0.05) is 16.2 Å². The van der Waals surface area contributed by atoms with Crippen LogP contribution in [-0.2, 0) is 16.0 Å². The number of aliphatic carboxylic acids is 1. The molecule has 1 atom stereocenters. The van der Waals surface area contributed by atoms with Crippen molar-refractivity contribution in [3.8, 4) is 0 Å². The average molecular weight is 283 g/mol. The molecule has 0 aliphatic rings. The Morgan fingerprint density at radius 1 is 1.42 bits per heavy atom. The Labute approximate surface area is 117 Å². The molecule has 0 radical (unpaired) electrons. The van der Waals surface area contributed by atoms with E-state index < -0.39 is 11.5 Å². The van der Waals surface area contributed by atoms with Gasteiger partial charge in [0.25, 0.3) is 0 Å². The topological polar surface area (TPSA) is 66.4 Å². The Hall–Kier alpha value is -1.36. The third-order valence-corrected chi connectivity index (χ3v) is 4.28. The highest BCUT2D eigenvalue weighted by Gasteiger charge is 2.32. The number of carbonyl (C=O) groups excluding carboxylic acids is 1. The first-order chi connectivity index (χ1) is 8.87. The highest BCUT2D eigenvalue weighted by molar-refractivity contribution is 7.11. The maximum atomic E-state index is 11.7. The number of aryl methyl sites for hydroxylation is 2. The lowest BCUT2D eigenvalue weighted by molar-refractivity contribution is -0.147. The van der Waals surface area contributed by atoms with Crippen LogP contribution in [0.2, 0.25) is 0 Å². The van der Waals surface area contributed by atoms with E-state index in [0.29, 0.717) is 12.8 Å². The van der Waals surface area contributed by atoms with Gasteiger partial charge in [0.2, 0.25) is 5.91 Å². The van der Waals surface area contributed by atoms with Crippen molar-refractivity contribution >= 4 is 23.2 Å². The molecule has 1 aromatic heterocycles. The van der Waals surface area contributed by atoms with Gasteiger partial charge in [-0.2, -0.15) is 0 Å². The van der Waals surface area contributed by atoms with Gasteiger partial charge in [0.05, 0.1) is 0 Å². The summed E-state index contributed by atoms with van der Waals surface area (Å²) in [6.07, 6.45) is 2.34. The van der Waals surface area contributed by atoms with Crippen molar-refractivity contribution in [2.24, 2.45) is 0 Å². The fraction of sp³-hybridized carbons (Fsp3) is 0.571. The highest BCUT2D eigenvalue weighted by Crippen LogP contribution is 2.17. The molecule has 0 aliphatic carbocycles. The van der Waals surface area contributed by atoms with E-state index in [2.05, 4.69) is 24.4 Å². The van der Waals surface area contributed by atoms with Crippen molar-refractivity contribution in [3.63, 3.8) is 0 Å². The number of thiophene rings is 1. The molecule has 5 heteroatoms. The molecule has 1 aromatic rings. The van der Waals surface area contributed by atoms with Crippen LogP contribution in [0.4, 0.5) is 0 Å². The van der Waals surface area contributed by atoms with Crippen LogP contribution in [0.5, 0.6) is 0 Å². The van der Waals surface area contributed by atoms with E-state index in [0.717, 1.165) is 12.8 Å². The van der Waals surface area contributed by atoms with Crippen molar-refractivity contribution in [1.29, 1.82) is 0 Å². The van der Waals surface area contributed by atoms with Gasteiger partial charge in [0.15, 0.2) is 0 Å². The lowest BCUT2D eigenvalue weighted by Gasteiger charge is -2.24. The predicted molar refractivity (Wildman–Crippen MR) is 76.5 cm³/mol. The fourth-order valence-corrected chi connectivity index (χ4v) is 2.64. The van der Waals surface area contributed by atoms with E-state index in [1.165, 1.54) is 16.7 Å². The fourth-order valence-electron chi connectivity index (χ4n) is 1.71. The SMILES string of the molecule is CCC(C)(NC(=O)CCCc1ccc(C)s1)C(=O)O. The molecule has 0 saturated heterocycles. The van der Waals surface area contributed by atoms with Gasteiger partial charge in [-0.05, 0) is 45.2 Å². The van der Waals surface area contributed by atoms with Crippen LogP contribution in [0.1, 0.15) is 42.9 Å². The van der Waals surface area contributed by atoms with Crippen LogP contribution in [0.25, 0.3) is 0 Å². The standard InChI is InChI=1S/C14H21NO3S/c1-4-14(3,13(17)18)15-12(16)7-5-6-11-9-8-10(2)19-11/h8-9H,4-7H2,1-3H3,(H,15,16)(H,17,18). The van der Waals surface area contributed by atoms with Gasteiger partial charge >= 0.3 is 5.97 Å². The maximum Gasteiger partial charge on any atom is 0.329 e. The molecule has 1 amide bonds. The van der Waals surface area contributed by atoms with Gasteiger partial charge in [-0.25, -0.2) is 4.79 Å². The Bertz CT molecular complexity index is 455. The summed E-state index contributed by atoms with van der Waals surface area (Å²) in [6.45, 7) is 5.35. The summed E-state index contributed by atoms with van der Waals surface area (Å²) in [5.41, 5.74) is -1.16. The maximum absolute atomic E-state index is 11.7. The molecule has 1 heterocycles. The molecule has 4 nitrogen and oxygen atoms in total. The quantitative estimate of drug-likeness (QED) is 0.808. The Balaban J connectivity index is 2.37. The number of carboxylic acid groups (broad SMARTS) is 1. The molecule has 106 valence electrons. The normalized spacial score (nSPS) is 13.8. The summed E-state index contributed by atoms with van der Waals surface area (Å²) < 4.78 is 0. The van der Waals surface area contributed by atoms with Gasteiger partial charge in [-0.1, -0.05) is 6.92 Å². The van der Waals surface area contributed by atoms with Crippen LogP contribution < -0.4 is 5.32 Å². The minimum absolute atomic E-state index is 0.194. The van der Waals surface area contributed by atoms with Crippen LogP contribution >= 0.6 is 11.3 Å². The summed E-state index contributed by atoms with van der Waals surface area (Å²) in [4.78, 5) is 25.4. The van der Waals surface area contributed by atoms with E-state index in [-0.39, 0.29) is 5.91 Å². The molecule has 0 aliphatic heterocycles. The van der Waals surface area contributed by atoms with Crippen LogP contribution in [0.15, 0.2) is 12.1 Å². The van der Waals surface area contributed by atoms with Gasteiger partial charge in [0.1, 0.15) is 5.54 Å². The molecule has 0 bridgehead atoms. The van der Waals surface area contributed by atoms with Crippen LogP contribution in [-0.4, -0.2) is 22.5 Å². The number of hydrogen-bond donors (Lipinski definition) is 2. The van der Waals surface area contributed by atoms with Crippen LogP contribution in [0.3, 0.4) is 0 Å². The summed E-state index contributed by atoms with van der Waals surface area (Å²) in [5, 5.41) is 11.7. The second-order valence-corrected chi connectivity index (χ2v) is 6.28. The van der Waals surface area contributed by atoms with Gasteiger partial charge < -0.3 is 10.4 Å². The molecular formula is C14H21NO3S. The van der Waals surface area contributed by atoms with Crippen molar-refractivity contribution in [2.45, 2.75) is 52.0 Å². The first-order valence-corrected chi connectivity index (χ1v) is 7.29. The lowest BCUT2D eigenvalue weighted by Crippen LogP contribution is -2.51. The van der Waals surface area contributed by atoms with E-state index in [1.54, 1.807) is 18.3 Å². The van der Waals surface area contributed by atoms with Gasteiger partial charge in [-0.15, -0.1) is 11.3 Å². The van der Waals surface area contributed by atoms with Crippen molar-refractivity contribution < 1.29 is 14.7 Å². The summed E-state index contributed by atoms with van der Waals surface area (Å²) in [5.74, 6) is -1.18. The molecule has 1 rings (SSSR count). The molecule has 1 unspecified atom stereocenters. The van der Waals surface area contributed by atoms with E-state index in [9.17, 15) is 9.59 Å². The number of amides is 1. The van der Waals surface area contributed by atoms with Crippen LogP contribution in [0, 0.1) is 6.92 Å². The monoisotopic (exact) mass is 283 g/mol. The third kappa shape index (κ3) is 4.67. The summed E-state index contributed by atoms with van der Waals surface area (Å²) >= 11 is 1.74. The number of carboxylic acids is 1. The molecule has 2 N–H and O–H groups in total. The number of nitrogens with one attached hydrogen (secondary N) is 1. The molecular weight excluding hydrogens is 262 g/mol. The molecule has 19 heavy (non-hydrogen) atoms. The van der Waals surface area contributed by atoms with Crippen molar-refractivity contribution in [1.82, 2.24) is 5.32 Å². The smallest absolute Gasteiger partial charge is 0.329 e. The minimum Gasteiger partial charge on any atom is -0.480 e. The molecule has 0 saturated carbocycles. The molecule has 0 aromatic carbocycles. The number of carbonyl (C=O) groups is 2. The van der Waals surface area contributed by atoms with Crippen molar-refractivity contribution in [3.05, 3.63) is 21.9 Å². The first-order valence-electron chi connectivity index (χ1n) is 6.47. The number of rotatable bonds is 7. The first kappa shape index (κ1) is 15.7.